The molecule has 2 nitrogen and oxygen atoms in total. The van der Waals surface area contributed by atoms with E-state index in [4.69, 9.17) is 9.97 Å². The smallest absolute Gasteiger partial charge is 0.161 e. The summed E-state index contributed by atoms with van der Waals surface area (Å²) in [5.41, 5.74) is 17.5. The molecule has 0 bridgehead atoms. The lowest BCUT2D eigenvalue weighted by Gasteiger charge is -2.30. The van der Waals surface area contributed by atoms with E-state index >= 15 is 0 Å². The van der Waals surface area contributed by atoms with Crippen molar-refractivity contribution < 1.29 is 0 Å². The van der Waals surface area contributed by atoms with Gasteiger partial charge < -0.3 is 0 Å². The molecule has 2 heteroatoms. The maximum absolute atomic E-state index is 5.41. The molecule has 1 aromatic heterocycles. The first-order valence-corrected chi connectivity index (χ1v) is 22.7. The van der Waals surface area contributed by atoms with Crippen molar-refractivity contribution >= 4 is 21.5 Å². The van der Waals surface area contributed by atoms with E-state index < -0.39 is 0 Å². The average molecular weight is 831 g/mol. The van der Waals surface area contributed by atoms with Crippen LogP contribution in [-0.2, 0) is 5.41 Å². The lowest BCUT2D eigenvalue weighted by atomic mass is 9.73. The number of fused-ring (bicyclic) bond motifs is 5. The number of benzene rings is 9. The van der Waals surface area contributed by atoms with Crippen molar-refractivity contribution in [3.8, 4) is 78.4 Å². The third-order valence-electron chi connectivity index (χ3n) is 14.0. The van der Waals surface area contributed by atoms with Gasteiger partial charge in [0.05, 0.1) is 11.4 Å². The van der Waals surface area contributed by atoms with Gasteiger partial charge in [-0.3, -0.25) is 0 Å². The highest BCUT2D eigenvalue weighted by Crippen LogP contribution is 2.56. The second-order valence-electron chi connectivity index (χ2n) is 18.1. The minimum absolute atomic E-state index is 0.0196. The number of allylic oxidation sites excluding steroid dienone is 4. The summed E-state index contributed by atoms with van der Waals surface area (Å²) in [6.07, 6.45) is 9.23. The Hall–Kier alpha value is -7.94. The van der Waals surface area contributed by atoms with Crippen LogP contribution in [0.15, 0.2) is 231 Å². The molecule has 2 unspecified atom stereocenters. The quantitative estimate of drug-likeness (QED) is 0.160. The Morgan fingerprint density at radius 1 is 0.369 bits per heavy atom. The zero-order valence-corrected chi connectivity index (χ0v) is 36.5. The Labute approximate surface area is 381 Å². The van der Waals surface area contributed by atoms with E-state index in [1.165, 1.54) is 66.2 Å². The van der Waals surface area contributed by atoms with Crippen LogP contribution in [0.4, 0.5) is 0 Å². The third kappa shape index (κ3) is 6.73. The molecule has 2 aliphatic carbocycles. The van der Waals surface area contributed by atoms with Crippen molar-refractivity contribution in [2.45, 2.75) is 25.2 Å². The molecular weight excluding hydrogens is 785 g/mol. The van der Waals surface area contributed by atoms with Gasteiger partial charge in [0.25, 0.3) is 0 Å². The Balaban J connectivity index is 0.971. The second kappa shape index (κ2) is 15.7. The minimum atomic E-state index is -0.0196. The molecule has 0 fully saturated rings. The summed E-state index contributed by atoms with van der Waals surface area (Å²) in [7, 11) is 0. The van der Waals surface area contributed by atoms with Crippen LogP contribution in [0.5, 0.6) is 0 Å². The van der Waals surface area contributed by atoms with Gasteiger partial charge >= 0.3 is 0 Å². The van der Waals surface area contributed by atoms with E-state index in [2.05, 4.69) is 244 Å². The fraction of sp³-hybridized carbons (Fsp3) is 0.0794. The highest BCUT2D eigenvalue weighted by atomic mass is 14.9. The number of aromatic nitrogens is 2. The number of hydrogen-bond acceptors (Lipinski definition) is 2. The van der Waals surface area contributed by atoms with Crippen molar-refractivity contribution in [2.75, 3.05) is 0 Å². The highest BCUT2D eigenvalue weighted by Gasteiger charge is 2.45. The van der Waals surface area contributed by atoms with Gasteiger partial charge in [0, 0.05) is 22.6 Å². The lowest BCUT2D eigenvalue weighted by Crippen LogP contribution is -2.25. The first-order valence-electron chi connectivity index (χ1n) is 22.7. The molecule has 0 spiro atoms. The largest absolute Gasteiger partial charge is 0.228 e. The van der Waals surface area contributed by atoms with Crippen LogP contribution < -0.4 is 0 Å². The molecule has 0 aliphatic heterocycles. The summed E-state index contributed by atoms with van der Waals surface area (Å²) in [4.78, 5) is 10.8. The predicted molar refractivity (Wildman–Crippen MR) is 273 cm³/mol. The summed E-state index contributed by atoms with van der Waals surface area (Å²) in [6.45, 7) is 4.84. The Morgan fingerprint density at radius 2 is 0.862 bits per heavy atom. The SMILES string of the molecule is CC1(C)c2c(-c3ccc(-c4nc(-c5ccc(-c6ccc(-c7ccccc7)cc6)cc5)cc(-c5ccc(-c6cccc7ccccc67)cc5)n4)c4ccccc34)cccc2C2C=CC=CC21. The van der Waals surface area contributed by atoms with E-state index in [9.17, 15) is 0 Å². The Kier molecular flexibility index (Phi) is 9.35. The average Bonchev–Trinajstić information content (AvgIpc) is 3.62. The van der Waals surface area contributed by atoms with E-state index in [-0.39, 0.29) is 5.41 Å². The van der Waals surface area contributed by atoms with Crippen LogP contribution in [0.2, 0.25) is 0 Å². The molecule has 0 amide bonds. The molecule has 0 radical (unpaired) electrons. The van der Waals surface area contributed by atoms with Crippen molar-refractivity contribution in [3.05, 3.63) is 242 Å². The monoisotopic (exact) mass is 830 g/mol. The summed E-state index contributed by atoms with van der Waals surface area (Å²) < 4.78 is 0. The maximum atomic E-state index is 5.41. The zero-order valence-electron chi connectivity index (χ0n) is 36.5. The molecule has 65 heavy (non-hydrogen) atoms. The van der Waals surface area contributed by atoms with E-state index in [1.54, 1.807) is 0 Å². The maximum Gasteiger partial charge on any atom is 0.161 e. The highest BCUT2D eigenvalue weighted by molar-refractivity contribution is 6.05. The van der Waals surface area contributed by atoms with E-state index in [1.807, 2.05) is 0 Å². The minimum Gasteiger partial charge on any atom is -0.228 e. The number of nitrogens with zero attached hydrogens (tertiary/aromatic N) is 2. The van der Waals surface area contributed by atoms with E-state index in [0.717, 1.165) is 39.0 Å². The van der Waals surface area contributed by atoms with Crippen LogP contribution in [-0.4, -0.2) is 9.97 Å². The fourth-order valence-corrected chi connectivity index (χ4v) is 10.8. The van der Waals surface area contributed by atoms with Gasteiger partial charge in [-0.1, -0.05) is 232 Å². The van der Waals surface area contributed by atoms with Gasteiger partial charge in [-0.25, -0.2) is 9.97 Å². The molecule has 0 saturated heterocycles. The summed E-state index contributed by atoms with van der Waals surface area (Å²) in [6, 6.07) is 74.6. The van der Waals surface area contributed by atoms with Crippen molar-refractivity contribution in [1.82, 2.24) is 9.97 Å². The first-order chi connectivity index (χ1) is 32.0. The van der Waals surface area contributed by atoms with Gasteiger partial charge in [0.1, 0.15) is 0 Å². The molecule has 2 atom stereocenters. The molecule has 2 aliphatic rings. The van der Waals surface area contributed by atoms with Crippen LogP contribution in [0, 0.1) is 5.92 Å². The van der Waals surface area contributed by atoms with Gasteiger partial charge in [-0.2, -0.15) is 0 Å². The van der Waals surface area contributed by atoms with Crippen LogP contribution >= 0.6 is 0 Å². The molecule has 10 aromatic rings. The molecule has 12 rings (SSSR count). The molecule has 0 N–H and O–H groups in total. The first kappa shape index (κ1) is 38.7. The van der Waals surface area contributed by atoms with Gasteiger partial charge in [-0.15, -0.1) is 0 Å². The van der Waals surface area contributed by atoms with Crippen LogP contribution in [0.1, 0.15) is 30.9 Å². The fourth-order valence-electron chi connectivity index (χ4n) is 10.8. The molecule has 308 valence electrons. The van der Waals surface area contributed by atoms with Gasteiger partial charge in [0.15, 0.2) is 5.82 Å². The Bertz CT molecular complexity index is 3480. The summed E-state index contributed by atoms with van der Waals surface area (Å²) >= 11 is 0. The topological polar surface area (TPSA) is 25.8 Å². The molecular formula is C63H46N2. The third-order valence-corrected chi connectivity index (χ3v) is 14.0. The zero-order chi connectivity index (χ0) is 43.5. The van der Waals surface area contributed by atoms with Crippen LogP contribution in [0.25, 0.3) is 100.0 Å². The molecule has 9 aromatic carbocycles. The Morgan fingerprint density at radius 3 is 1.54 bits per heavy atom. The summed E-state index contributed by atoms with van der Waals surface area (Å²) in [5, 5.41) is 4.82. The van der Waals surface area contributed by atoms with Crippen molar-refractivity contribution in [1.29, 1.82) is 0 Å². The van der Waals surface area contributed by atoms with Gasteiger partial charge in [-0.05, 0) is 101 Å². The van der Waals surface area contributed by atoms with Crippen molar-refractivity contribution in [2.24, 2.45) is 5.92 Å². The predicted octanol–water partition coefficient (Wildman–Crippen LogP) is 16.6. The number of rotatable bonds is 7. The number of hydrogen-bond donors (Lipinski definition) is 0. The van der Waals surface area contributed by atoms with E-state index in [0.29, 0.717) is 17.7 Å². The molecule has 1 heterocycles. The van der Waals surface area contributed by atoms with Gasteiger partial charge in [0.2, 0.25) is 0 Å². The second-order valence-corrected chi connectivity index (χ2v) is 18.1. The molecule has 0 saturated carbocycles. The standard InChI is InChI=1S/C63H46N2/c1-63(2)58-25-11-10-21-54(58)56-24-13-23-55(61(56)63)53-38-39-57(52-20-9-8-19-51(52)53)62-64-59(47-34-30-44(31-35-47)43-28-26-42(27-29-43)41-14-4-3-5-15-41)40-60(65-62)48-36-32-46(33-37-48)50-22-12-17-45-16-6-7-18-49(45)50/h3-40,54,58H,1-2H3. The van der Waals surface area contributed by atoms with Crippen molar-refractivity contribution in [3.63, 3.8) is 0 Å². The lowest BCUT2D eigenvalue weighted by molar-refractivity contribution is 0.395. The normalized spacial score (nSPS) is 15.8. The van der Waals surface area contributed by atoms with Crippen LogP contribution in [0.3, 0.4) is 0 Å². The summed E-state index contributed by atoms with van der Waals surface area (Å²) in [5.74, 6) is 1.53.